The highest BCUT2D eigenvalue weighted by Gasteiger charge is 2.31. The van der Waals surface area contributed by atoms with Crippen molar-refractivity contribution in [1.29, 1.82) is 0 Å². The largest absolute Gasteiger partial charge is 0.462 e. The molecule has 4 nitrogen and oxygen atoms in total. The van der Waals surface area contributed by atoms with Gasteiger partial charge < -0.3 is 4.74 Å². The second-order valence-electron chi connectivity index (χ2n) is 3.60. The molecule has 4 heteroatoms. The molecule has 0 amide bonds. The molecule has 1 heterocycles. The van der Waals surface area contributed by atoms with Gasteiger partial charge in [0.05, 0.1) is 12.3 Å². The van der Waals surface area contributed by atoms with Gasteiger partial charge in [-0.3, -0.25) is 4.68 Å². The van der Waals surface area contributed by atoms with Crippen LogP contribution in [0.5, 0.6) is 0 Å². The number of esters is 1. The first-order valence-electron chi connectivity index (χ1n) is 4.93. The van der Waals surface area contributed by atoms with Crippen LogP contribution in [0.4, 0.5) is 0 Å². The van der Waals surface area contributed by atoms with Crippen molar-refractivity contribution < 1.29 is 9.53 Å². The number of aryl methyl sites for hydroxylation is 1. The lowest BCUT2D eigenvalue weighted by Gasteiger charge is -1.99. The topological polar surface area (TPSA) is 44.1 Å². The van der Waals surface area contributed by atoms with Gasteiger partial charge in [0.15, 0.2) is 0 Å². The Labute approximate surface area is 82.9 Å². The Bertz CT molecular complexity index is 353. The van der Waals surface area contributed by atoms with Crippen molar-refractivity contribution in [2.24, 2.45) is 7.05 Å². The van der Waals surface area contributed by atoms with Crippen LogP contribution in [-0.4, -0.2) is 22.4 Å². The molecule has 0 atom stereocenters. The maximum atomic E-state index is 11.5. The first kappa shape index (κ1) is 9.24. The SMILES string of the molecule is CCOC(=O)c1cn(C)nc1C1CC1. The summed E-state index contributed by atoms with van der Waals surface area (Å²) in [7, 11) is 1.83. The lowest BCUT2D eigenvalue weighted by atomic mass is 10.2. The summed E-state index contributed by atoms with van der Waals surface area (Å²) in [6.07, 6.45) is 4.03. The van der Waals surface area contributed by atoms with Gasteiger partial charge in [-0.1, -0.05) is 0 Å². The molecule has 1 aromatic rings. The van der Waals surface area contributed by atoms with Crippen LogP contribution < -0.4 is 0 Å². The fraction of sp³-hybridized carbons (Fsp3) is 0.600. The third-order valence-electron chi connectivity index (χ3n) is 2.32. The maximum Gasteiger partial charge on any atom is 0.341 e. The molecule has 76 valence electrons. The van der Waals surface area contributed by atoms with Crippen molar-refractivity contribution in [3.05, 3.63) is 17.5 Å². The highest BCUT2D eigenvalue weighted by Crippen LogP contribution is 2.40. The highest BCUT2D eigenvalue weighted by molar-refractivity contribution is 5.90. The van der Waals surface area contributed by atoms with Crippen LogP contribution >= 0.6 is 0 Å². The summed E-state index contributed by atoms with van der Waals surface area (Å²) in [6.45, 7) is 2.23. The van der Waals surface area contributed by atoms with Crippen molar-refractivity contribution in [3.8, 4) is 0 Å². The fourth-order valence-corrected chi connectivity index (χ4v) is 1.53. The standard InChI is InChI=1S/C10H14N2O2/c1-3-14-10(13)8-6-12(2)11-9(8)7-4-5-7/h6-7H,3-5H2,1-2H3. The zero-order valence-corrected chi connectivity index (χ0v) is 8.49. The summed E-state index contributed by atoms with van der Waals surface area (Å²) in [6, 6.07) is 0. The van der Waals surface area contributed by atoms with Gasteiger partial charge in [-0.25, -0.2) is 4.79 Å². The summed E-state index contributed by atoms with van der Waals surface area (Å²) in [5.41, 5.74) is 1.54. The zero-order valence-electron chi connectivity index (χ0n) is 8.49. The van der Waals surface area contributed by atoms with Gasteiger partial charge in [-0.2, -0.15) is 5.10 Å². The number of nitrogens with zero attached hydrogens (tertiary/aromatic N) is 2. The van der Waals surface area contributed by atoms with Gasteiger partial charge in [0, 0.05) is 19.2 Å². The van der Waals surface area contributed by atoms with Crippen molar-refractivity contribution in [3.63, 3.8) is 0 Å². The number of carbonyl (C=O) groups excluding carboxylic acids is 1. The van der Waals surface area contributed by atoms with E-state index >= 15 is 0 Å². The van der Waals surface area contributed by atoms with E-state index in [9.17, 15) is 4.79 Å². The predicted molar refractivity (Wildman–Crippen MR) is 51.1 cm³/mol. The molecule has 1 aromatic heterocycles. The molecule has 1 aliphatic rings. The van der Waals surface area contributed by atoms with E-state index in [1.165, 1.54) is 0 Å². The summed E-state index contributed by atoms with van der Waals surface area (Å²) in [5, 5.41) is 4.29. The number of hydrogen-bond acceptors (Lipinski definition) is 3. The average Bonchev–Trinajstić information content (AvgIpc) is 2.90. The molecule has 2 rings (SSSR count). The summed E-state index contributed by atoms with van der Waals surface area (Å²) in [4.78, 5) is 11.5. The van der Waals surface area contributed by atoms with Crippen LogP contribution in [0.3, 0.4) is 0 Å². The summed E-state index contributed by atoms with van der Waals surface area (Å²) in [5.74, 6) is 0.234. The van der Waals surface area contributed by atoms with Crippen LogP contribution in [0, 0.1) is 0 Å². The number of hydrogen-bond donors (Lipinski definition) is 0. The number of carbonyl (C=O) groups is 1. The molecule has 0 radical (unpaired) electrons. The molecule has 0 unspecified atom stereocenters. The molecular weight excluding hydrogens is 180 g/mol. The minimum atomic E-state index is -0.248. The van der Waals surface area contributed by atoms with E-state index in [-0.39, 0.29) is 5.97 Å². The lowest BCUT2D eigenvalue weighted by molar-refractivity contribution is 0.0525. The van der Waals surface area contributed by atoms with Gasteiger partial charge in [0.2, 0.25) is 0 Å². The van der Waals surface area contributed by atoms with Crippen LogP contribution in [0.25, 0.3) is 0 Å². The van der Waals surface area contributed by atoms with E-state index in [1.54, 1.807) is 10.9 Å². The Balaban J connectivity index is 2.26. The van der Waals surface area contributed by atoms with E-state index in [1.807, 2.05) is 14.0 Å². The third-order valence-corrected chi connectivity index (χ3v) is 2.32. The van der Waals surface area contributed by atoms with Gasteiger partial charge >= 0.3 is 5.97 Å². The van der Waals surface area contributed by atoms with Gasteiger partial charge in [0.1, 0.15) is 5.56 Å². The molecule has 1 aliphatic carbocycles. The minimum Gasteiger partial charge on any atom is -0.462 e. The molecule has 0 aliphatic heterocycles. The minimum absolute atomic E-state index is 0.248. The number of aromatic nitrogens is 2. The third kappa shape index (κ3) is 1.64. The zero-order chi connectivity index (χ0) is 10.1. The van der Waals surface area contributed by atoms with E-state index in [2.05, 4.69) is 5.10 Å². The molecule has 0 N–H and O–H groups in total. The fourth-order valence-electron chi connectivity index (χ4n) is 1.53. The van der Waals surface area contributed by atoms with Crippen molar-refractivity contribution in [1.82, 2.24) is 9.78 Å². The number of rotatable bonds is 3. The first-order valence-corrected chi connectivity index (χ1v) is 4.93. The average molecular weight is 194 g/mol. The van der Waals surface area contributed by atoms with E-state index < -0.39 is 0 Å². The van der Waals surface area contributed by atoms with Gasteiger partial charge in [-0.15, -0.1) is 0 Å². The molecule has 0 saturated heterocycles. The Kier molecular flexibility index (Phi) is 2.27. The molecule has 0 bridgehead atoms. The van der Waals surface area contributed by atoms with Gasteiger partial charge in [0.25, 0.3) is 0 Å². The molecule has 0 aromatic carbocycles. The molecule has 0 spiro atoms. The monoisotopic (exact) mass is 194 g/mol. The quantitative estimate of drug-likeness (QED) is 0.684. The van der Waals surface area contributed by atoms with Crippen LogP contribution in [-0.2, 0) is 11.8 Å². The molecular formula is C10H14N2O2. The lowest BCUT2D eigenvalue weighted by Crippen LogP contribution is -2.05. The Morgan fingerprint density at radius 3 is 3.00 bits per heavy atom. The molecule has 14 heavy (non-hydrogen) atoms. The Morgan fingerprint density at radius 1 is 1.71 bits per heavy atom. The summed E-state index contributed by atoms with van der Waals surface area (Å²) >= 11 is 0. The Morgan fingerprint density at radius 2 is 2.43 bits per heavy atom. The normalized spacial score (nSPS) is 15.6. The molecule has 1 saturated carbocycles. The van der Waals surface area contributed by atoms with Crippen LogP contribution in [0.1, 0.15) is 41.7 Å². The summed E-state index contributed by atoms with van der Waals surface area (Å²) < 4.78 is 6.65. The van der Waals surface area contributed by atoms with Crippen molar-refractivity contribution in [2.45, 2.75) is 25.7 Å². The van der Waals surface area contributed by atoms with Crippen molar-refractivity contribution in [2.75, 3.05) is 6.61 Å². The van der Waals surface area contributed by atoms with Crippen LogP contribution in [0.2, 0.25) is 0 Å². The van der Waals surface area contributed by atoms with E-state index in [0.717, 1.165) is 18.5 Å². The highest BCUT2D eigenvalue weighted by atomic mass is 16.5. The van der Waals surface area contributed by atoms with Gasteiger partial charge in [-0.05, 0) is 19.8 Å². The van der Waals surface area contributed by atoms with E-state index in [4.69, 9.17) is 4.74 Å². The predicted octanol–water partition coefficient (Wildman–Crippen LogP) is 1.47. The van der Waals surface area contributed by atoms with Crippen LogP contribution in [0.15, 0.2) is 6.20 Å². The Hall–Kier alpha value is -1.32. The maximum absolute atomic E-state index is 11.5. The second kappa shape index (κ2) is 3.44. The first-order chi connectivity index (χ1) is 6.72. The molecule has 1 fully saturated rings. The van der Waals surface area contributed by atoms with E-state index in [0.29, 0.717) is 18.1 Å². The van der Waals surface area contributed by atoms with Crippen molar-refractivity contribution >= 4 is 5.97 Å². The second-order valence-corrected chi connectivity index (χ2v) is 3.60. The number of ether oxygens (including phenoxy) is 1. The smallest absolute Gasteiger partial charge is 0.341 e.